The number of carboxylic acids is 1. The van der Waals surface area contributed by atoms with Crippen molar-refractivity contribution in [2.24, 2.45) is 0 Å². The molecule has 104 valence electrons. The minimum Gasteiger partial charge on any atom is -0.478 e. The Labute approximate surface area is 119 Å². The van der Waals surface area contributed by atoms with Crippen LogP contribution in [-0.2, 0) is 6.54 Å². The van der Waals surface area contributed by atoms with E-state index >= 15 is 0 Å². The average molecular weight is 282 g/mol. The third-order valence-corrected chi connectivity index (χ3v) is 4.22. The fraction of sp³-hybridized carbons (Fsp3) is 0.533. The van der Waals surface area contributed by atoms with Gasteiger partial charge >= 0.3 is 5.97 Å². The maximum atomic E-state index is 10.9. The molecular weight excluding hydrogens is 262 g/mol. The SMILES string of the molecule is CC1CCCCCN1Cc1ccc(C(=O)O)cc1Cl. The summed E-state index contributed by atoms with van der Waals surface area (Å²) in [6, 6.07) is 5.58. The van der Waals surface area contributed by atoms with Crippen molar-refractivity contribution in [3.8, 4) is 0 Å². The number of likely N-dealkylation sites (tertiary alicyclic amines) is 1. The van der Waals surface area contributed by atoms with Crippen LogP contribution in [0.4, 0.5) is 0 Å². The lowest BCUT2D eigenvalue weighted by atomic mass is 10.1. The quantitative estimate of drug-likeness (QED) is 0.916. The summed E-state index contributed by atoms with van der Waals surface area (Å²) in [6.45, 7) is 4.16. The molecule has 0 saturated carbocycles. The number of aromatic carboxylic acids is 1. The molecule has 0 bridgehead atoms. The standard InChI is InChI=1S/C15H20ClNO2/c1-11-5-3-2-4-8-17(11)10-13-7-6-12(15(18)19)9-14(13)16/h6-7,9,11H,2-5,8,10H2,1H3,(H,18,19). The van der Waals surface area contributed by atoms with E-state index in [0.29, 0.717) is 11.1 Å². The van der Waals surface area contributed by atoms with Crippen molar-refractivity contribution in [2.45, 2.75) is 45.2 Å². The number of hydrogen-bond donors (Lipinski definition) is 1. The zero-order valence-electron chi connectivity index (χ0n) is 11.2. The van der Waals surface area contributed by atoms with Crippen LogP contribution in [0.1, 0.15) is 48.5 Å². The van der Waals surface area contributed by atoms with Crippen LogP contribution in [0.3, 0.4) is 0 Å². The molecule has 0 aromatic heterocycles. The van der Waals surface area contributed by atoms with Gasteiger partial charge in [-0.25, -0.2) is 4.79 Å². The molecular formula is C15H20ClNO2. The summed E-state index contributed by atoms with van der Waals surface area (Å²) in [5.74, 6) is -0.934. The molecule has 2 rings (SSSR count). The Kier molecular flexibility index (Phi) is 4.83. The van der Waals surface area contributed by atoms with E-state index in [4.69, 9.17) is 16.7 Å². The molecule has 0 spiro atoms. The van der Waals surface area contributed by atoms with Gasteiger partial charge in [-0.2, -0.15) is 0 Å². The highest BCUT2D eigenvalue weighted by Gasteiger charge is 2.18. The van der Waals surface area contributed by atoms with Crippen molar-refractivity contribution in [3.05, 3.63) is 34.3 Å². The molecule has 0 aliphatic carbocycles. The Morgan fingerprint density at radius 1 is 1.42 bits per heavy atom. The van der Waals surface area contributed by atoms with Crippen LogP contribution in [0, 0.1) is 0 Å². The number of carbonyl (C=O) groups is 1. The van der Waals surface area contributed by atoms with E-state index in [0.717, 1.165) is 18.7 Å². The number of benzene rings is 1. The van der Waals surface area contributed by atoms with Gasteiger partial charge < -0.3 is 5.11 Å². The third-order valence-electron chi connectivity index (χ3n) is 3.86. The Hall–Kier alpha value is -1.06. The fourth-order valence-electron chi connectivity index (χ4n) is 2.60. The smallest absolute Gasteiger partial charge is 0.335 e. The van der Waals surface area contributed by atoms with Gasteiger partial charge in [0.2, 0.25) is 0 Å². The van der Waals surface area contributed by atoms with Crippen molar-refractivity contribution in [2.75, 3.05) is 6.54 Å². The predicted octanol–water partition coefficient (Wildman–Crippen LogP) is 3.80. The first-order chi connectivity index (χ1) is 9.08. The zero-order chi connectivity index (χ0) is 13.8. The molecule has 1 unspecified atom stereocenters. The lowest BCUT2D eigenvalue weighted by Gasteiger charge is -2.27. The molecule has 4 heteroatoms. The average Bonchev–Trinajstić information content (AvgIpc) is 2.57. The molecule has 1 fully saturated rings. The molecule has 1 aliphatic heterocycles. The molecule has 1 heterocycles. The number of carboxylic acid groups (broad SMARTS) is 1. The van der Waals surface area contributed by atoms with Crippen LogP contribution in [0.25, 0.3) is 0 Å². The number of hydrogen-bond acceptors (Lipinski definition) is 2. The van der Waals surface area contributed by atoms with Crippen LogP contribution in [-0.4, -0.2) is 28.6 Å². The molecule has 1 N–H and O–H groups in total. The predicted molar refractivity (Wildman–Crippen MR) is 76.8 cm³/mol. The van der Waals surface area contributed by atoms with Gasteiger partial charge in [-0.05, 0) is 44.0 Å². The van der Waals surface area contributed by atoms with Crippen LogP contribution < -0.4 is 0 Å². The molecule has 19 heavy (non-hydrogen) atoms. The highest BCUT2D eigenvalue weighted by Crippen LogP contribution is 2.23. The molecule has 1 aliphatic rings. The number of rotatable bonds is 3. The summed E-state index contributed by atoms with van der Waals surface area (Å²) in [7, 11) is 0. The van der Waals surface area contributed by atoms with Crippen molar-refractivity contribution >= 4 is 17.6 Å². The second-order valence-electron chi connectivity index (χ2n) is 5.28. The topological polar surface area (TPSA) is 40.5 Å². The van der Waals surface area contributed by atoms with Crippen molar-refractivity contribution in [1.29, 1.82) is 0 Å². The van der Waals surface area contributed by atoms with E-state index in [9.17, 15) is 4.79 Å². The van der Waals surface area contributed by atoms with E-state index in [1.54, 1.807) is 12.1 Å². The number of nitrogens with zero attached hydrogens (tertiary/aromatic N) is 1. The normalized spacial score (nSPS) is 21.1. The van der Waals surface area contributed by atoms with Crippen molar-refractivity contribution in [1.82, 2.24) is 4.90 Å². The van der Waals surface area contributed by atoms with Crippen LogP contribution in [0.2, 0.25) is 5.02 Å². The summed E-state index contributed by atoms with van der Waals surface area (Å²) in [4.78, 5) is 13.3. The molecule has 1 aromatic rings. The summed E-state index contributed by atoms with van der Waals surface area (Å²) < 4.78 is 0. The molecule has 1 atom stereocenters. The van der Waals surface area contributed by atoms with Gasteiger partial charge in [-0.1, -0.05) is 30.5 Å². The minimum absolute atomic E-state index is 0.248. The molecule has 1 saturated heterocycles. The van der Waals surface area contributed by atoms with E-state index in [2.05, 4.69) is 11.8 Å². The second-order valence-corrected chi connectivity index (χ2v) is 5.69. The van der Waals surface area contributed by atoms with Crippen molar-refractivity contribution < 1.29 is 9.90 Å². The Balaban J connectivity index is 2.11. The lowest BCUT2D eigenvalue weighted by Crippen LogP contribution is -2.32. The van der Waals surface area contributed by atoms with Gasteiger partial charge in [0.05, 0.1) is 5.56 Å². The van der Waals surface area contributed by atoms with Gasteiger partial charge in [0.15, 0.2) is 0 Å². The maximum Gasteiger partial charge on any atom is 0.335 e. The number of halogens is 1. The zero-order valence-corrected chi connectivity index (χ0v) is 12.0. The van der Waals surface area contributed by atoms with Crippen molar-refractivity contribution in [3.63, 3.8) is 0 Å². The van der Waals surface area contributed by atoms with Gasteiger partial charge in [-0.3, -0.25) is 4.90 Å². The molecule has 0 amide bonds. The van der Waals surface area contributed by atoms with Crippen LogP contribution >= 0.6 is 11.6 Å². The highest BCUT2D eigenvalue weighted by molar-refractivity contribution is 6.31. The van der Waals surface area contributed by atoms with Gasteiger partial charge in [0, 0.05) is 17.6 Å². The Bertz CT molecular complexity index is 461. The maximum absolute atomic E-state index is 10.9. The molecule has 1 aromatic carbocycles. The van der Waals surface area contributed by atoms with Gasteiger partial charge in [-0.15, -0.1) is 0 Å². The van der Waals surface area contributed by atoms with Gasteiger partial charge in [0.25, 0.3) is 0 Å². The molecule has 3 nitrogen and oxygen atoms in total. The summed E-state index contributed by atoms with van der Waals surface area (Å²) in [6.07, 6.45) is 5.05. The van der Waals surface area contributed by atoms with Crippen LogP contribution in [0.5, 0.6) is 0 Å². The molecule has 0 radical (unpaired) electrons. The van der Waals surface area contributed by atoms with E-state index in [1.165, 1.54) is 25.7 Å². The first-order valence-corrected chi connectivity index (χ1v) is 7.21. The minimum atomic E-state index is -0.934. The van der Waals surface area contributed by atoms with E-state index < -0.39 is 5.97 Å². The summed E-state index contributed by atoms with van der Waals surface area (Å²) in [5, 5.41) is 9.48. The highest BCUT2D eigenvalue weighted by atomic mass is 35.5. The third kappa shape index (κ3) is 3.71. The first-order valence-electron chi connectivity index (χ1n) is 6.83. The first kappa shape index (κ1) is 14.4. The second kappa shape index (κ2) is 6.40. The monoisotopic (exact) mass is 281 g/mol. The van der Waals surface area contributed by atoms with Crippen LogP contribution in [0.15, 0.2) is 18.2 Å². The summed E-state index contributed by atoms with van der Waals surface area (Å²) >= 11 is 6.19. The summed E-state index contributed by atoms with van der Waals surface area (Å²) in [5.41, 5.74) is 1.26. The van der Waals surface area contributed by atoms with E-state index in [1.807, 2.05) is 6.07 Å². The fourth-order valence-corrected chi connectivity index (χ4v) is 2.84. The lowest BCUT2D eigenvalue weighted by molar-refractivity contribution is 0.0697. The Morgan fingerprint density at radius 3 is 2.89 bits per heavy atom. The largest absolute Gasteiger partial charge is 0.478 e. The van der Waals surface area contributed by atoms with Gasteiger partial charge in [0.1, 0.15) is 0 Å². The van der Waals surface area contributed by atoms with E-state index in [-0.39, 0.29) is 5.56 Å². The Morgan fingerprint density at radius 2 is 2.21 bits per heavy atom.